The highest BCUT2D eigenvalue weighted by Gasteiger charge is 2.15. The standard InChI is InChI=1S/C12H12N2O3/c1-7-5-8(2)11(9(6-7)12(16)17)14-10(15)3-4-13/h5-6H,3H2,1-2H3,(H,14,15)(H,16,17). The Balaban J connectivity index is 3.18. The molecule has 0 saturated carbocycles. The largest absolute Gasteiger partial charge is 0.478 e. The van der Waals surface area contributed by atoms with E-state index in [0.29, 0.717) is 5.56 Å². The van der Waals surface area contributed by atoms with E-state index in [1.807, 2.05) is 0 Å². The maximum absolute atomic E-state index is 11.3. The zero-order valence-electron chi connectivity index (χ0n) is 9.57. The number of carbonyl (C=O) groups excluding carboxylic acids is 1. The molecule has 0 aliphatic heterocycles. The molecule has 0 aliphatic rings. The highest BCUT2D eigenvalue weighted by atomic mass is 16.4. The average molecular weight is 232 g/mol. The van der Waals surface area contributed by atoms with Gasteiger partial charge in [0.15, 0.2) is 0 Å². The molecule has 1 aromatic rings. The molecule has 0 fully saturated rings. The van der Waals surface area contributed by atoms with Crippen molar-refractivity contribution in [3.8, 4) is 6.07 Å². The van der Waals surface area contributed by atoms with Gasteiger partial charge in [-0.15, -0.1) is 0 Å². The van der Waals surface area contributed by atoms with E-state index in [9.17, 15) is 9.59 Å². The van der Waals surface area contributed by atoms with Crippen molar-refractivity contribution in [1.29, 1.82) is 5.26 Å². The molecule has 0 aliphatic carbocycles. The number of nitrogens with zero attached hydrogens (tertiary/aromatic N) is 1. The molecule has 88 valence electrons. The van der Waals surface area contributed by atoms with Crippen LogP contribution >= 0.6 is 0 Å². The molecular weight excluding hydrogens is 220 g/mol. The van der Waals surface area contributed by atoms with Crippen molar-refractivity contribution in [2.24, 2.45) is 0 Å². The number of amides is 1. The van der Waals surface area contributed by atoms with Crippen molar-refractivity contribution >= 4 is 17.6 Å². The summed E-state index contributed by atoms with van der Waals surface area (Å²) in [6.07, 6.45) is -0.299. The molecule has 0 unspecified atom stereocenters. The van der Waals surface area contributed by atoms with E-state index in [4.69, 9.17) is 10.4 Å². The van der Waals surface area contributed by atoms with E-state index >= 15 is 0 Å². The smallest absolute Gasteiger partial charge is 0.337 e. The minimum absolute atomic E-state index is 0.0359. The molecule has 0 spiro atoms. The molecule has 2 N–H and O–H groups in total. The van der Waals surface area contributed by atoms with Gasteiger partial charge in [0.25, 0.3) is 0 Å². The van der Waals surface area contributed by atoms with Crippen LogP contribution in [0, 0.1) is 25.2 Å². The van der Waals surface area contributed by atoms with Gasteiger partial charge in [-0.05, 0) is 31.0 Å². The maximum Gasteiger partial charge on any atom is 0.337 e. The van der Waals surface area contributed by atoms with Crippen LogP contribution in [0.3, 0.4) is 0 Å². The molecule has 17 heavy (non-hydrogen) atoms. The first-order chi connectivity index (χ1) is 7.95. The van der Waals surface area contributed by atoms with Crippen molar-refractivity contribution in [2.75, 3.05) is 5.32 Å². The summed E-state index contributed by atoms with van der Waals surface area (Å²) in [6, 6.07) is 4.96. The van der Waals surface area contributed by atoms with Crippen molar-refractivity contribution < 1.29 is 14.7 Å². The van der Waals surface area contributed by atoms with Crippen LogP contribution in [0.4, 0.5) is 5.69 Å². The highest BCUT2D eigenvalue weighted by Crippen LogP contribution is 2.23. The van der Waals surface area contributed by atoms with Crippen LogP contribution in [-0.4, -0.2) is 17.0 Å². The molecule has 0 atom stereocenters. The van der Waals surface area contributed by atoms with Gasteiger partial charge in [0.2, 0.25) is 5.91 Å². The number of aromatic carboxylic acids is 1. The summed E-state index contributed by atoms with van der Waals surface area (Å²) in [7, 11) is 0. The van der Waals surface area contributed by atoms with E-state index in [1.165, 1.54) is 6.07 Å². The van der Waals surface area contributed by atoms with Crippen LogP contribution in [0.5, 0.6) is 0 Å². The zero-order chi connectivity index (χ0) is 13.0. The molecule has 5 heteroatoms. The lowest BCUT2D eigenvalue weighted by Gasteiger charge is -2.11. The second-order valence-electron chi connectivity index (χ2n) is 3.69. The number of hydrogen-bond acceptors (Lipinski definition) is 3. The zero-order valence-corrected chi connectivity index (χ0v) is 9.57. The summed E-state index contributed by atoms with van der Waals surface area (Å²) in [5.41, 5.74) is 1.75. The summed E-state index contributed by atoms with van der Waals surface area (Å²) in [5, 5.41) is 19.9. The summed E-state index contributed by atoms with van der Waals surface area (Å²) in [6.45, 7) is 3.49. The summed E-state index contributed by atoms with van der Waals surface area (Å²) < 4.78 is 0. The van der Waals surface area contributed by atoms with Gasteiger partial charge in [0, 0.05) is 0 Å². The van der Waals surface area contributed by atoms with Gasteiger partial charge in [0.1, 0.15) is 6.42 Å². The molecule has 0 radical (unpaired) electrons. The number of aryl methyl sites for hydroxylation is 2. The molecule has 5 nitrogen and oxygen atoms in total. The summed E-state index contributed by atoms with van der Waals surface area (Å²) >= 11 is 0. The summed E-state index contributed by atoms with van der Waals surface area (Å²) in [5.74, 6) is -1.62. The number of benzene rings is 1. The van der Waals surface area contributed by atoms with Gasteiger partial charge in [-0.25, -0.2) is 4.79 Å². The van der Waals surface area contributed by atoms with E-state index < -0.39 is 11.9 Å². The molecule has 0 aromatic heterocycles. The van der Waals surface area contributed by atoms with Gasteiger partial charge in [-0.2, -0.15) is 5.26 Å². The Kier molecular flexibility index (Phi) is 3.83. The fourth-order valence-corrected chi connectivity index (χ4v) is 1.56. The second kappa shape index (κ2) is 5.12. The number of nitriles is 1. The number of nitrogens with one attached hydrogen (secondary N) is 1. The Morgan fingerprint density at radius 3 is 2.59 bits per heavy atom. The molecule has 0 heterocycles. The van der Waals surface area contributed by atoms with E-state index in [2.05, 4.69) is 5.32 Å². The van der Waals surface area contributed by atoms with Gasteiger partial charge in [0.05, 0.1) is 17.3 Å². The Morgan fingerprint density at radius 1 is 1.41 bits per heavy atom. The normalized spacial score (nSPS) is 9.47. The molecule has 1 rings (SSSR count). The SMILES string of the molecule is Cc1cc(C)c(NC(=O)CC#N)c(C(=O)O)c1. The molecule has 1 amide bonds. The van der Waals surface area contributed by atoms with E-state index in [0.717, 1.165) is 5.56 Å². The Labute approximate surface area is 98.7 Å². The fraction of sp³-hybridized carbons (Fsp3) is 0.250. The van der Waals surface area contributed by atoms with Gasteiger partial charge in [-0.3, -0.25) is 4.79 Å². The number of carbonyl (C=O) groups is 2. The third-order valence-corrected chi connectivity index (χ3v) is 2.21. The lowest BCUT2D eigenvalue weighted by Crippen LogP contribution is -2.15. The lowest BCUT2D eigenvalue weighted by molar-refractivity contribution is -0.115. The maximum atomic E-state index is 11.3. The Hall–Kier alpha value is -2.35. The molecular formula is C12H12N2O3. The number of carboxylic acid groups (broad SMARTS) is 1. The Bertz CT molecular complexity index is 515. The second-order valence-corrected chi connectivity index (χ2v) is 3.69. The lowest BCUT2D eigenvalue weighted by atomic mass is 10.0. The molecule has 0 saturated heterocycles. The highest BCUT2D eigenvalue weighted by molar-refractivity contribution is 6.02. The molecule has 1 aromatic carbocycles. The van der Waals surface area contributed by atoms with Crippen LogP contribution in [0.1, 0.15) is 27.9 Å². The number of rotatable bonds is 3. The van der Waals surface area contributed by atoms with Gasteiger partial charge >= 0.3 is 5.97 Å². The van der Waals surface area contributed by atoms with Crippen LogP contribution in [0.25, 0.3) is 0 Å². The van der Waals surface area contributed by atoms with Crippen LogP contribution in [-0.2, 0) is 4.79 Å². The third kappa shape index (κ3) is 3.05. The minimum Gasteiger partial charge on any atom is -0.478 e. The predicted molar refractivity (Wildman–Crippen MR) is 61.7 cm³/mol. The third-order valence-electron chi connectivity index (χ3n) is 2.21. The fourth-order valence-electron chi connectivity index (χ4n) is 1.56. The van der Waals surface area contributed by atoms with Crippen LogP contribution in [0.2, 0.25) is 0 Å². The minimum atomic E-state index is -1.11. The topological polar surface area (TPSA) is 90.2 Å². The van der Waals surface area contributed by atoms with E-state index in [1.54, 1.807) is 26.0 Å². The molecule has 0 bridgehead atoms. The quantitative estimate of drug-likeness (QED) is 0.832. The number of anilines is 1. The van der Waals surface area contributed by atoms with Crippen LogP contribution < -0.4 is 5.32 Å². The monoisotopic (exact) mass is 232 g/mol. The first kappa shape index (κ1) is 12.7. The van der Waals surface area contributed by atoms with Gasteiger partial charge in [-0.1, -0.05) is 6.07 Å². The van der Waals surface area contributed by atoms with Crippen molar-refractivity contribution in [3.05, 3.63) is 28.8 Å². The van der Waals surface area contributed by atoms with Crippen molar-refractivity contribution in [3.63, 3.8) is 0 Å². The first-order valence-corrected chi connectivity index (χ1v) is 4.97. The average Bonchev–Trinajstić information content (AvgIpc) is 2.21. The van der Waals surface area contributed by atoms with Crippen molar-refractivity contribution in [1.82, 2.24) is 0 Å². The predicted octanol–water partition coefficient (Wildman–Crippen LogP) is 1.85. The number of hydrogen-bond donors (Lipinski definition) is 2. The van der Waals surface area contributed by atoms with Crippen LogP contribution in [0.15, 0.2) is 12.1 Å². The van der Waals surface area contributed by atoms with Gasteiger partial charge < -0.3 is 10.4 Å². The summed E-state index contributed by atoms with van der Waals surface area (Å²) in [4.78, 5) is 22.3. The van der Waals surface area contributed by atoms with Crippen molar-refractivity contribution in [2.45, 2.75) is 20.3 Å². The number of carboxylic acids is 1. The van der Waals surface area contributed by atoms with E-state index in [-0.39, 0.29) is 17.7 Å². The Morgan fingerprint density at radius 2 is 2.06 bits per heavy atom. The first-order valence-electron chi connectivity index (χ1n) is 4.97.